The SMILES string of the molecule is COc1cc(OC)c(OC)cc1/C=C/C(=O)c1ccc(N2CCCCCC2)cc1. The van der Waals surface area contributed by atoms with Crippen molar-refractivity contribution in [1.29, 1.82) is 0 Å². The quantitative estimate of drug-likeness (QED) is 0.488. The second-order valence-corrected chi connectivity index (χ2v) is 7.09. The third kappa shape index (κ3) is 5.11. The topological polar surface area (TPSA) is 48.0 Å². The maximum absolute atomic E-state index is 12.6. The van der Waals surface area contributed by atoms with E-state index in [0.29, 0.717) is 22.8 Å². The van der Waals surface area contributed by atoms with Crippen molar-refractivity contribution in [2.24, 2.45) is 0 Å². The van der Waals surface area contributed by atoms with Gasteiger partial charge in [-0.05, 0) is 55.3 Å². The van der Waals surface area contributed by atoms with E-state index in [2.05, 4.69) is 4.90 Å². The summed E-state index contributed by atoms with van der Waals surface area (Å²) in [6, 6.07) is 11.4. The molecule has 1 heterocycles. The number of carbonyl (C=O) groups is 1. The molecule has 154 valence electrons. The zero-order valence-corrected chi connectivity index (χ0v) is 17.4. The predicted molar refractivity (Wildman–Crippen MR) is 117 cm³/mol. The maximum Gasteiger partial charge on any atom is 0.185 e. The standard InChI is InChI=1S/C24H29NO4/c1-27-22-17-24(29-3)23(28-2)16-19(22)10-13-21(26)18-8-11-20(12-9-18)25-14-6-4-5-7-15-25/h8-13,16-17H,4-7,14-15H2,1-3H3/b13-10+. The van der Waals surface area contributed by atoms with Gasteiger partial charge in [0.2, 0.25) is 0 Å². The van der Waals surface area contributed by atoms with Crippen LogP contribution in [0.15, 0.2) is 42.5 Å². The molecule has 1 saturated heterocycles. The van der Waals surface area contributed by atoms with Gasteiger partial charge in [-0.25, -0.2) is 0 Å². The van der Waals surface area contributed by atoms with Gasteiger partial charge >= 0.3 is 0 Å². The Morgan fingerprint density at radius 2 is 1.41 bits per heavy atom. The Morgan fingerprint density at radius 1 is 0.828 bits per heavy atom. The van der Waals surface area contributed by atoms with Crippen LogP contribution in [0.1, 0.15) is 41.6 Å². The van der Waals surface area contributed by atoms with Crippen LogP contribution in [-0.2, 0) is 0 Å². The molecule has 0 saturated carbocycles. The highest BCUT2D eigenvalue weighted by atomic mass is 16.5. The van der Waals surface area contributed by atoms with Crippen LogP contribution in [0, 0.1) is 0 Å². The molecule has 5 heteroatoms. The van der Waals surface area contributed by atoms with Gasteiger partial charge in [-0.1, -0.05) is 12.8 Å². The smallest absolute Gasteiger partial charge is 0.185 e. The number of anilines is 1. The van der Waals surface area contributed by atoms with Gasteiger partial charge in [0.1, 0.15) is 5.75 Å². The van der Waals surface area contributed by atoms with Gasteiger partial charge in [0.25, 0.3) is 0 Å². The first-order valence-corrected chi connectivity index (χ1v) is 10.0. The summed E-state index contributed by atoms with van der Waals surface area (Å²) in [5.74, 6) is 1.73. The van der Waals surface area contributed by atoms with Gasteiger partial charge in [-0.2, -0.15) is 0 Å². The lowest BCUT2D eigenvalue weighted by molar-refractivity contribution is 0.104. The number of benzene rings is 2. The van der Waals surface area contributed by atoms with Crippen LogP contribution in [0.25, 0.3) is 6.08 Å². The Kier molecular flexibility index (Phi) is 7.17. The van der Waals surface area contributed by atoms with E-state index in [0.717, 1.165) is 18.7 Å². The van der Waals surface area contributed by atoms with Crippen molar-refractivity contribution in [2.75, 3.05) is 39.3 Å². The number of nitrogens with zero attached hydrogens (tertiary/aromatic N) is 1. The fourth-order valence-electron chi connectivity index (χ4n) is 3.61. The van der Waals surface area contributed by atoms with Gasteiger partial charge in [0.05, 0.1) is 21.3 Å². The highest BCUT2D eigenvalue weighted by molar-refractivity contribution is 6.07. The number of hydrogen-bond acceptors (Lipinski definition) is 5. The Bertz CT molecular complexity index is 850. The maximum atomic E-state index is 12.6. The van der Waals surface area contributed by atoms with Crippen LogP contribution >= 0.6 is 0 Å². The number of ketones is 1. The van der Waals surface area contributed by atoms with Gasteiger partial charge < -0.3 is 19.1 Å². The molecular weight excluding hydrogens is 366 g/mol. The number of carbonyl (C=O) groups excluding carboxylic acids is 1. The third-order valence-electron chi connectivity index (χ3n) is 5.27. The fraction of sp³-hybridized carbons (Fsp3) is 0.375. The minimum Gasteiger partial charge on any atom is -0.496 e. The lowest BCUT2D eigenvalue weighted by Gasteiger charge is -2.22. The van der Waals surface area contributed by atoms with Crippen LogP contribution in [0.2, 0.25) is 0 Å². The molecule has 2 aromatic rings. The Balaban J connectivity index is 1.75. The van der Waals surface area contributed by atoms with Crippen LogP contribution < -0.4 is 19.1 Å². The first-order valence-electron chi connectivity index (χ1n) is 10.0. The lowest BCUT2D eigenvalue weighted by atomic mass is 10.1. The summed E-state index contributed by atoms with van der Waals surface area (Å²) in [7, 11) is 4.74. The van der Waals surface area contributed by atoms with E-state index in [4.69, 9.17) is 14.2 Å². The Labute approximate surface area is 172 Å². The molecule has 0 bridgehead atoms. The molecule has 1 aliphatic rings. The summed E-state index contributed by atoms with van der Waals surface area (Å²) in [6.07, 6.45) is 8.37. The summed E-state index contributed by atoms with van der Waals surface area (Å²) >= 11 is 0. The van der Waals surface area contributed by atoms with Crippen molar-refractivity contribution in [1.82, 2.24) is 0 Å². The number of allylic oxidation sites excluding steroid dienone is 1. The first kappa shape index (κ1) is 20.8. The third-order valence-corrected chi connectivity index (χ3v) is 5.27. The molecular formula is C24H29NO4. The summed E-state index contributed by atoms with van der Waals surface area (Å²) in [6.45, 7) is 2.18. The summed E-state index contributed by atoms with van der Waals surface area (Å²) in [5, 5.41) is 0. The second kappa shape index (κ2) is 10.0. The van der Waals surface area contributed by atoms with Gasteiger partial charge in [-0.15, -0.1) is 0 Å². The van der Waals surface area contributed by atoms with Crippen LogP contribution in [0.4, 0.5) is 5.69 Å². The molecule has 1 fully saturated rings. The molecule has 0 aromatic heterocycles. The van der Waals surface area contributed by atoms with Gasteiger partial charge in [0.15, 0.2) is 17.3 Å². The minimum atomic E-state index is -0.0516. The number of hydrogen-bond donors (Lipinski definition) is 0. The molecule has 5 nitrogen and oxygen atoms in total. The van der Waals surface area contributed by atoms with E-state index < -0.39 is 0 Å². The van der Waals surface area contributed by atoms with Crippen molar-refractivity contribution >= 4 is 17.5 Å². The highest BCUT2D eigenvalue weighted by Gasteiger charge is 2.12. The van der Waals surface area contributed by atoms with Crippen molar-refractivity contribution in [3.8, 4) is 17.2 Å². The van der Waals surface area contributed by atoms with Gasteiger partial charge in [0, 0.05) is 36.0 Å². The highest BCUT2D eigenvalue weighted by Crippen LogP contribution is 2.35. The summed E-state index contributed by atoms with van der Waals surface area (Å²) in [5.41, 5.74) is 2.60. The Hall–Kier alpha value is -2.95. The number of rotatable bonds is 7. The monoisotopic (exact) mass is 395 g/mol. The number of ether oxygens (including phenoxy) is 3. The molecule has 1 aliphatic heterocycles. The van der Waals surface area contributed by atoms with E-state index in [9.17, 15) is 4.79 Å². The summed E-state index contributed by atoms with van der Waals surface area (Å²) in [4.78, 5) is 15.0. The lowest BCUT2D eigenvalue weighted by Crippen LogP contribution is -2.23. The fourth-order valence-corrected chi connectivity index (χ4v) is 3.61. The van der Waals surface area contributed by atoms with Crippen molar-refractivity contribution < 1.29 is 19.0 Å². The zero-order valence-electron chi connectivity index (χ0n) is 17.4. The molecule has 0 unspecified atom stereocenters. The molecule has 29 heavy (non-hydrogen) atoms. The molecule has 0 radical (unpaired) electrons. The molecule has 0 atom stereocenters. The summed E-state index contributed by atoms with van der Waals surface area (Å²) < 4.78 is 16.1. The van der Waals surface area contributed by atoms with Crippen molar-refractivity contribution in [2.45, 2.75) is 25.7 Å². The van der Waals surface area contributed by atoms with Crippen molar-refractivity contribution in [3.63, 3.8) is 0 Å². The molecule has 0 amide bonds. The first-order chi connectivity index (χ1) is 14.2. The Morgan fingerprint density at radius 3 is 2.00 bits per heavy atom. The predicted octanol–water partition coefficient (Wildman–Crippen LogP) is 4.99. The molecule has 0 spiro atoms. The molecule has 0 aliphatic carbocycles. The van der Waals surface area contributed by atoms with E-state index in [1.54, 1.807) is 45.6 Å². The normalized spacial score (nSPS) is 14.5. The van der Waals surface area contributed by atoms with E-state index in [1.165, 1.54) is 31.4 Å². The molecule has 2 aromatic carbocycles. The van der Waals surface area contributed by atoms with Gasteiger partial charge in [-0.3, -0.25) is 4.79 Å². The van der Waals surface area contributed by atoms with E-state index in [1.807, 2.05) is 24.3 Å². The largest absolute Gasteiger partial charge is 0.496 e. The minimum absolute atomic E-state index is 0.0516. The van der Waals surface area contributed by atoms with Crippen molar-refractivity contribution in [3.05, 3.63) is 53.6 Å². The van der Waals surface area contributed by atoms with E-state index in [-0.39, 0.29) is 5.78 Å². The van der Waals surface area contributed by atoms with E-state index >= 15 is 0 Å². The van der Waals surface area contributed by atoms with Crippen LogP contribution in [0.3, 0.4) is 0 Å². The van der Waals surface area contributed by atoms with Crippen LogP contribution in [-0.4, -0.2) is 40.2 Å². The molecule has 0 N–H and O–H groups in total. The average molecular weight is 395 g/mol. The molecule has 3 rings (SSSR count). The zero-order chi connectivity index (χ0) is 20.6. The van der Waals surface area contributed by atoms with Crippen LogP contribution in [0.5, 0.6) is 17.2 Å². The number of methoxy groups -OCH3 is 3. The second-order valence-electron chi connectivity index (χ2n) is 7.09. The average Bonchev–Trinajstić information content (AvgIpc) is 3.06.